The number of nitrogens with zero attached hydrogens (tertiary/aromatic N) is 1. The van der Waals surface area contributed by atoms with E-state index < -0.39 is 5.60 Å². The molecule has 0 unspecified atom stereocenters. The summed E-state index contributed by atoms with van der Waals surface area (Å²) in [6.07, 6.45) is 3.51. The lowest BCUT2D eigenvalue weighted by atomic mass is 9.95. The Labute approximate surface area is 194 Å². The number of likely N-dealkylation sites (tertiary alicyclic amines) is 1. The van der Waals surface area contributed by atoms with Crippen LogP contribution in [0.15, 0.2) is 42.1 Å². The number of fused-ring (bicyclic) bond motifs is 3. The van der Waals surface area contributed by atoms with E-state index >= 15 is 0 Å². The molecule has 0 bridgehead atoms. The molecule has 0 N–H and O–H groups in total. The molecule has 1 amide bonds. The number of methoxy groups -OCH3 is 3. The highest BCUT2D eigenvalue weighted by atomic mass is 16.6. The standard InChI is InChI=1S/C27H31NO5/c1-27(2,3)33-26(29)28-11-7-8-19(28)13-18-12-17-9-10-20(30-4)14-21(17)23-16-25(32-6)24(31-5)15-22(18)23/h9-10,12-16H,7-8,11H2,1-6H3/b19-13+. The molecule has 1 fully saturated rings. The van der Waals surface area contributed by atoms with E-state index in [1.807, 2.05) is 51.1 Å². The van der Waals surface area contributed by atoms with Gasteiger partial charge in [0.05, 0.1) is 21.3 Å². The fraction of sp³-hybridized carbons (Fsp3) is 0.370. The summed E-state index contributed by atoms with van der Waals surface area (Å²) < 4.78 is 22.3. The van der Waals surface area contributed by atoms with Crippen LogP contribution in [0, 0.1) is 0 Å². The molecule has 0 radical (unpaired) electrons. The van der Waals surface area contributed by atoms with Crippen LogP contribution in [-0.4, -0.2) is 44.5 Å². The van der Waals surface area contributed by atoms with E-state index in [0.717, 1.165) is 51.4 Å². The quantitative estimate of drug-likeness (QED) is 0.432. The van der Waals surface area contributed by atoms with Crippen LogP contribution in [-0.2, 0) is 4.74 Å². The molecule has 1 aliphatic heterocycles. The van der Waals surface area contributed by atoms with Crippen LogP contribution in [0.1, 0.15) is 39.2 Å². The first-order valence-corrected chi connectivity index (χ1v) is 11.1. The molecule has 174 valence electrons. The molecule has 0 aliphatic carbocycles. The van der Waals surface area contributed by atoms with E-state index in [1.165, 1.54) is 0 Å². The zero-order valence-corrected chi connectivity index (χ0v) is 20.2. The summed E-state index contributed by atoms with van der Waals surface area (Å²) in [5.74, 6) is 2.11. The third-order valence-corrected chi connectivity index (χ3v) is 5.79. The Kier molecular flexibility index (Phi) is 6.11. The molecule has 3 aromatic rings. The SMILES string of the molecule is COc1ccc2cc(/C=C3\CCCN3C(=O)OC(C)(C)C)c3cc(OC)c(OC)cc3c2c1. The highest BCUT2D eigenvalue weighted by Gasteiger charge is 2.28. The number of carbonyl (C=O) groups is 1. The summed E-state index contributed by atoms with van der Waals surface area (Å²) in [4.78, 5) is 14.6. The number of hydrogen-bond acceptors (Lipinski definition) is 5. The zero-order valence-electron chi connectivity index (χ0n) is 20.2. The highest BCUT2D eigenvalue weighted by Crippen LogP contribution is 2.40. The molecule has 33 heavy (non-hydrogen) atoms. The van der Waals surface area contributed by atoms with Gasteiger partial charge in [-0.2, -0.15) is 0 Å². The van der Waals surface area contributed by atoms with Gasteiger partial charge < -0.3 is 18.9 Å². The van der Waals surface area contributed by atoms with E-state index in [9.17, 15) is 4.79 Å². The van der Waals surface area contributed by atoms with Crippen molar-refractivity contribution in [2.75, 3.05) is 27.9 Å². The fourth-order valence-electron chi connectivity index (χ4n) is 4.28. The average Bonchev–Trinajstić information content (AvgIpc) is 3.25. The first kappa shape index (κ1) is 22.8. The van der Waals surface area contributed by atoms with E-state index in [-0.39, 0.29) is 6.09 Å². The maximum atomic E-state index is 12.8. The highest BCUT2D eigenvalue weighted by molar-refractivity contribution is 6.12. The van der Waals surface area contributed by atoms with E-state index in [4.69, 9.17) is 18.9 Å². The molecule has 0 aromatic heterocycles. The van der Waals surface area contributed by atoms with Gasteiger partial charge in [0.25, 0.3) is 0 Å². The van der Waals surface area contributed by atoms with Gasteiger partial charge in [-0.15, -0.1) is 0 Å². The summed E-state index contributed by atoms with van der Waals surface area (Å²) in [5.41, 5.74) is 1.42. The van der Waals surface area contributed by atoms with E-state index in [0.29, 0.717) is 18.0 Å². The Morgan fingerprint density at radius 2 is 1.61 bits per heavy atom. The van der Waals surface area contributed by atoms with Gasteiger partial charge in [0.2, 0.25) is 0 Å². The normalized spacial score (nSPS) is 15.3. The lowest BCUT2D eigenvalue weighted by Crippen LogP contribution is -2.34. The lowest BCUT2D eigenvalue weighted by molar-refractivity contribution is 0.0340. The third kappa shape index (κ3) is 4.56. The van der Waals surface area contributed by atoms with Crippen LogP contribution in [0.2, 0.25) is 0 Å². The smallest absolute Gasteiger partial charge is 0.414 e. The van der Waals surface area contributed by atoms with Gasteiger partial charge in [0.1, 0.15) is 11.4 Å². The van der Waals surface area contributed by atoms with Crippen LogP contribution >= 0.6 is 0 Å². The molecule has 0 atom stereocenters. The van der Waals surface area contributed by atoms with Crippen LogP contribution in [0.5, 0.6) is 17.2 Å². The number of allylic oxidation sites excluding steroid dienone is 1. The maximum absolute atomic E-state index is 12.8. The fourth-order valence-corrected chi connectivity index (χ4v) is 4.28. The minimum atomic E-state index is -0.538. The van der Waals surface area contributed by atoms with Gasteiger partial charge in [-0.05, 0) is 97.1 Å². The molecule has 1 saturated heterocycles. The molecule has 6 heteroatoms. The van der Waals surface area contributed by atoms with Crippen molar-refractivity contribution in [1.82, 2.24) is 4.90 Å². The number of benzene rings is 3. The summed E-state index contributed by atoms with van der Waals surface area (Å²) >= 11 is 0. The second-order valence-corrected chi connectivity index (χ2v) is 9.18. The number of hydrogen-bond donors (Lipinski definition) is 0. The average molecular weight is 450 g/mol. The number of ether oxygens (including phenoxy) is 4. The second-order valence-electron chi connectivity index (χ2n) is 9.18. The predicted molar refractivity (Wildman–Crippen MR) is 131 cm³/mol. The molecule has 6 nitrogen and oxygen atoms in total. The van der Waals surface area contributed by atoms with Crippen molar-refractivity contribution >= 4 is 33.7 Å². The van der Waals surface area contributed by atoms with E-state index in [1.54, 1.807) is 26.2 Å². The largest absolute Gasteiger partial charge is 0.497 e. The van der Waals surface area contributed by atoms with Crippen LogP contribution < -0.4 is 14.2 Å². The van der Waals surface area contributed by atoms with Gasteiger partial charge >= 0.3 is 6.09 Å². The number of rotatable bonds is 4. The molecule has 3 aromatic carbocycles. The van der Waals surface area contributed by atoms with Crippen molar-refractivity contribution in [3.05, 3.63) is 47.7 Å². The summed E-state index contributed by atoms with van der Waals surface area (Å²) in [5, 5.41) is 4.17. The van der Waals surface area contributed by atoms with Crippen LogP contribution in [0.4, 0.5) is 4.79 Å². The summed E-state index contributed by atoms with van der Waals surface area (Å²) in [7, 11) is 4.93. The summed E-state index contributed by atoms with van der Waals surface area (Å²) in [6, 6.07) is 12.2. The maximum Gasteiger partial charge on any atom is 0.414 e. The van der Waals surface area contributed by atoms with Crippen molar-refractivity contribution in [1.29, 1.82) is 0 Å². The Morgan fingerprint density at radius 1 is 0.909 bits per heavy atom. The van der Waals surface area contributed by atoms with Crippen molar-refractivity contribution in [3.63, 3.8) is 0 Å². The number of carbonyl (C=O) groups excluding carboxylic acids is 1. The first-order valence-electron chi connectivity index (χ1n) is 11.1. The van der Waals surface area contributed by atoms with Crippen LogP contribution in [0.25, 0.3) is 27.6 Å². The molecule has 4 rings (SSSR count). The van der Waals surface area contributed by atoms with Crippen molar-refractivity contribution in [2.24, 2.45) is 0 Å². The van der Waals surface area contributed by atoms with Gasteiger partial charge in [-0.1, -0.05) is 6.07 Å². The van der Waals surface area contributed by atoms with Gasteiger partial charge in [0, 0.05) is 12.2 Å². The van der Waals surface area contributed by atoms with E-state index in [2.05, 4.69) is 12.1 Å². The molecule has 1 aliphatic rings. The molecular weight excluding hydrogens is 418 g/mol. The van der Waals surface area contributed by atoms with Gasteiger partial charge in [-0.25, -0.2) is 4.79 Å². The predicted octanol–water partition coefficient (Wildman–Crippen LogP) is 6.39. The first-order chi connectivity index (χ1) is 15.7. The lowest BCUT2D eigenvalue weighted by Gasteiger charge is -2.25. The molecular formula is C27H31NO5. The Morgan fingerprint density at radius 3 is 2.24 bits per heavy atom. The second kappa shape index (κ2) is 8.85. The summed E-state index contributed by atoms with van der Waals surface area (Å²) in [6.45, 7) is 6.31. The van der Waals surface area contributed by atoms with Crippen molar-refractivity contribution in [3.8, 4) is 17.2 Å². The Hall–Kier alpha value is -3.41. The van der Waals surface area contributed by atoms with Gasteiger partial charge in [0.15, 0.2) is 11.5 Å². The Bertz CT molecular complexity index is 1240. The third-order valence-electron chi connectivity index (χ3n) is 5.79. The van der Waals surface area contributed by atoms with Crippen molar-refractivity contribution < 1.29 is 23.7 Å². The van der Waals surface area contributed by atoms with Crippen molar-refractivity contribution in [2.45, 2.75) is 39.2 Å². The van der Waals surface area contributed by atoms with Crippen LogP contribution in [0.3, 0.4) is 0 Å². The zero-order chi connectivity index (χ0) is 23.8. The topological polar surface area (TPSA) is 57.2 Å². The molecule has 1 heterocycles. The molecule has 0 spiro atoms. The molecule has 0 saturated carbocycles. The Balaban J connectivity index is 1.91. The monoisotopic (exact) mass is 449 g/mol. The number of amides is 1. The minimum Gasteiger partial charge on any atom is -0.497 e. The van der Waals surface area contributed by atoms with Gasteiger partial charge in [-0.3, -0.25) is 4.90 Å². The minimum absolute atomic E-state index is 0.305.